The molecule has 0 amide bonds. The van der Waals surface area contributed by atoms with Gasteiger partial charge in [-0.1, -0.05) is 28.1 Å². The first-order chi connectivity index (χ1) is 13.8. The number of rotatable bonds is 5. The molecule has 0 unspecified atom stereocenters. The number of aromatic nitrogens is 1. The average molecular weight is 494 g/mol. The predicted octanol–water partition coefficient (Wildman–Crippen LogP) is 3.61. The van der Waals surface area contributed by atoms with Gasteiger partial charge in [-0.3, -0.25) is 0 Å². The molecule has 160 valence electrons. The summed E-state index contributed by atoms with van der Waals surface area (Å²) in [6.45, 7) is 2.69. The van der Waals surface area contributed by atoms with Crippen LogP contribution in [0.25, 0.3) is 12.2 Å². The van der Waals surface area contributed by atoms with Gasteiger partial charge in [-0.15, -0.1) is 0 Å². The summed E-state index contributed by atoms with van der Waals surface area (Å²) in [6.07, 6.45) is 6.25. The smallest absolute Gasteiger partial charge is 0.204 e. The third kappa shape index (κ3) is 8.46. The lowest BCUT2D eigenvalue weighted by molar-refractivity contribution is -0.673. The fourth-order valence-corrected chi connectivity index (χ4v) is 3.07. The molecule has 0 aliphatic carbocycles. The largest absolute Gasteiger partial charge is 0.744 e. The summed E-state index contributed by atoms with van der Waals surface area (Å²) in [7, 11) is -2.25. The normalized spacial score (nSPS) is 10.7. The van der Waals surface area contributed by atoms with Gasteiger partial charge in [-0.05, 0) is 61.0 Å². The number of aryl methyl sites for hydroxylation is 1. The Kier molecular flexibility index (Phi) is 10.4. The maximum absolute atomic E-state index is 10.4. The first-order valence-electron chi connectivity index (χ1n) is 8.86. The van der Waals surface area contributed by atoms with Crippen molar-refractivity contribution in [1.82, 2.24) is 0 Å². The van der Waals surface area contributed by atoms with E-state index in [9.17, 15) is 13.0 Å². The van der Waals surface area contributed by atoms with Crippen molar-refractivity contribution in [2.24, 2.45) is 7.05 Å². The van der Waals surface area contributed by atoms with E-state index in [1.54, 1.807) is 0 Å². The molecule has 0 aliphatic rings. The molecule has 0 radical (unpaired) electrons. The second-order valence-electron chi connectivity index (χ2n) is 5.98. The van der Waals surface area contributed by atoms with Gasteiger partial charge in [0.05, 0.1) is 11.5 Å². The molecule has 3 aromatic rings. The van der Waals surface area contributed by atoms with Crippen molar-refractivity contribution in [2.45, 2.75) is 11.8 Å². The lowest BCUT2D eigenvalue weighted by Crippen LogP contribution is -2.30. The van der Waals surface area contributed by atoms with Crippen LogP contribution in [0.1, 0.15) is 18.2 Å². The van der Waals surface area contributed by atoms with Gasteiger partial charge in [0.1, 0.15) is 22.9 Å². The molecule has 2 aromatic carbocycles. The zero-order valence-electron chi connectivity index (χ0n) is 16.7. The molecule has 1 aromatic heterocycles. The number of ether oxygens (including phenoxy) is 1. The van der Waals surface area contributed by atoms with Crippen LogP contribution in [0.5, 0.6) is 5.75 Å². The third-order valence-electron chi connectivity index (χ3n) is 3.84. The summed E-state index contributed by atoms with van der Waals surface area (Å²) in [5.74, 6) is 0.917. The van der Waals surface area contributed by atoms with E-state index in [1.165, 1.54) is 35.5 Å². The standard InChI is InChI=1S/C16H18NO.C6H5BrO3S.H2O/c1-3-18-16-11-8-14(9-12-16)7-10-15-6-4-5-13-17(15)2;7-5-1-3-6(4-2-5)11(8,9)10;/h4-13H,3H2,1-2H3;1-4H,(H,8,9,10);1H2/q+1;;/p-1/b10-7+;;. The molecule has 1 heterocycles. The van der Waals surface area contributed by atoms with Crippen molar-refractivity contribution in [2.75, 3.05) is 6.61 Å². The summed E-state index contributed by atoms with van der Waals surface area (Å²) >= 11 is 3.12. The first kappa shape index (κ1) is 25.5. The highest BCUT2D eigenvalue weighted by molar-refractivity contribution is 9.10. The van der Waals surface area contributed by atoms with Gasteiger partial charge in [0.15, 0.2) is 6.20 Å². The van der Waals surface area contributed by atoms with E-state index in [0.29, 0.717) is 6.61 Å². The van der Waals surface area contributed by atoms with Crippen LogP contribution in [0.4, 0.5) is 0 Å². The monoisotopic (exact) mass is 493 g/mol. The summed E-state index contributed by atoms with van der Waals surface area (Å²) in [5.41, 5.74) is 2.34. The van der Waals surface area contributed by atoms with Crippen LogP contribution < -0.4 is 9.30 Å². The Morgan fingerprint density at radius 2 is 1.63 bits per heavy atom. The molecule has 8 heteroatoms. The topological polar surface area (TPSA) is 102 Å². The van der Waals surface area contributed by atoms with E-state index in [-0.39, 0.29) is 10.4 Å². The molecular formula is C22H24BrNO5S. The molecule has 0 bridgehead atoms. The van der Waals surface area contributed by atoms with Gasteiger partial charge >= 0.3 is 0 Å². The van der Waals surface area contributed by atoms with E-state index < -0.39 is 10.1 Å². The minimum absolute atomic E-state index is 0. The molecular weight excluding hydrogens is 470 g/mol. The number of hydrogen-bond donors (Lipinski definition) is 0. The van der Waals surface area contributed by atoms with Crippen LogP contribution in [-0.4, -0.2) is 25.1 Å². The second-order valence-corrected chi connectivity index (χ2v) is 8.28. The molecule has 0 saturated carbocycles. The van der Waals surface area contributed by atoms with Crippen molar-refractivity contribution >= 4 is 38.2 Å². The molecule has 2 N–H and O–H groups in total. The zero-order valence-corrected chi connectivity index (χ0v) is 19.1. The van der Waals surface area contributed by atoms with Crippen molar-refractivity contribution in [3.63, 3.8) is 0 Å². The van der Waals surface area contributed by atoms with Crippen LogP contribution in [0.3, 0.4) is 0 Å². The van der Waals surface area contributed by atoms with Crippen LogP contribution in [-0.2, 0) is 17.2 Å². The lowest BCUT2D eigenvalue weighted by atomic mass is 10.2. The van der Waals surface area contributed by atoms with E-state index in [1.807, 2.05) is 44.4 Å². The Hall–Kier alpha value is -2.52. The lowest BCUT2D eigenvalue weighted by Gasteiger charge is -2.05. The Morgan fingerprint density at radius 3 is 2.17 bits per heavy atom. The number of nitrogens with zero attached hydrogens (tertiary/aromatic N) is 1. The Bertz CT molecular complexity index is 1050. The van der Waals surface area contributed by atoms with Crippen LogP contribution in [0.2, 0.25) is 0 Å². The summed E-state index contributed by atoms with van der Waals surface area (Å²) in [6, 6.07) is 19.8. The quantitative estimate of drug-likeness (QED) is 0.400. The SMILES string of the molecule is CCOc1ccc(/C=C/c2cccc[n+]2C)cc1.O.O=S(=O)([O-])c1ccc(Br)cc1. The third-order valence-corrected chi connectivity index (χ3v) is 5.21. The minimum Gasteiger partial charge on any atom is -0.744 e. The van der Waals surface area contributed by atoms with Gasteiger partial charge in [-0.2, -0.15) is 0 Å². The van der Waals surface area contributed by atoms with Crippen molar-refractivity contribution in [3.8, 4) is 5.75 Å². The molecule has 0 atom stereocenters. The number of benzene rings is 2. The van der Waals surface area contributed by atoms with E-state index in [0.717, 1.165) is 10.2 Å². The summed E-state index contributed by atoms with van der Waals surface area (Å²) in [4.78, 5) is -0.208. The predicted molar refractivity (Wildman–Crippen MR) is 120 cm³/mol. The van der Waals surface area contributed by atoms with Crippen molar-refractivity contribution < 1.29 is 27.8 Å². The molecule has 0 spiro atoms. The van der Waals surface area contributed by atoms with Crippen LogP contribution >= 0.6 is 15.9 Å². The van der Waals surface area contributed by atoms with Gasteiger partial charge in [0, 0.05) is 22.7 Å². The molecule has 6 nitrogen and oxygen atoms in total. The Balaban J connectivity index is 0.000000324. The summed E-state index contributed by atoms with van der Waals surface area (Å²) < 4.78 is 39.4. The van der Waals surface area contributed by atoms with Crippen molar-refractivity contribution in [3.05, 3.63) is 88.7 Å². The second kappa shape index (κ2) is 12.2. The fraction of sp³-hybridized carbons (Fsp3) is 0.136. The number of hydrogen-bond acceptors (Lipinski definition) is 4. The highest BCUT2D eigenvalue weighted by atomic mass is 79.9. The van der Waals surface area contributed by atoms with Crippen LogP contribution in [0.15, 0.2) is 82.3 Å². The molecule has 30 heavy (non-hydrogen) atoms. The Labute approximate surface area is 185 Å². The Morgan fingerprint density at radius 1 is 1.00 bits per heavy atom. The minimum atomic E-state index is -4.29. The van der Waals surface area contributed by atoms with E-state index in [2.05, 4.69) is 50.8 Å². The van der Waals surface area contributed by atoms with Crippen molar-refractivity contribution in [1.29, 1.82) is 0 Å². The zero-order chi connectivity index (χ0) is 21.3. The van der Waals surface area contributed by atoms with Crippen LogP contribution in [0, 0.1) is 0 Å². The maximum atomic E-state index is 10.4. The van der Waals surface area contributed by atoms with Gasteiger partial charge in [0.2, 0.25) is 5.69 Å². The van der Waals surface area contributed by atoms with Gasteiger partial charge in [0.25, 0.3) is 0 Å². The van der Waals surface area contributed by atoms with Gasteiger partial charge in [-0.25, -0.2) is 13.0 Å². The number of pyridine rings is 1. The number of halogens is 1. The van der Waals surface area contributed by atoms with E-state index >= 15 is 0 Å². The van der Waals surface area contributed by atoms with E-state index in [4.69, 9.17) is 4.74 Å². The summed E-state index contributed by atoms with van der Waals surface area (Å²) in [5, 5.41) is 0. The molecule has 0 fully saturated rings. The van der Waals surface area contributed by atoms with Gasteiger partial charge < -0.3 is 14.8 Å². The molecule has 0 saturated heterocycles. The molecule has 3 rings (SSSR count). The molecule has 0 aliphatic heterocycles. The average Bonchev–Trinajstić information content (AvgIpc) is 2.69. The highest BCUT2D eigenvalue weighted by Crippen LogP contribution is 2.14. The maximum Gasteiger partial charge on any atom is 0.204 e. The highest BCUT2D eigenvalue weighted by Gasteiger charge is 1.99. The first-order valence-corrected chi connectivity index (χ1v) is 11.1. The fourth-order valence-electron chi connectivity index (χ4n) is 2.33.